The van der Waals surface area contributed by atoms with Gasteiger partial charge in [0.15, 0.2) is 8.32 Å². The van der Waals surface area contributed by atoms with E-state index in [9.17, 15) is 0 Å². The molecule has 0 aliphatic carbocycles. The Labute approximate surface area is 251 Å². The highest BCUT2D eigenvalue weighted by atomic mass is 32.2. The third-order valence-electron chi connectivity index (χ3n) is 8.76. The quantitative estimate of drug-likeness (QED) is 0.0955. The van der Waals surface area contributed by atoms with Crippen molar-refractivity contribution in [3.63, 3.8) is 0 Å². The van der Waals surface area contributed by atoms with E-state index >= 15 is 0 Å². The number of hydrogen-bond donors (Lipinski definition) is 0. The second-order valence-corrected chi connectivity index (χ2v) is 19.1. The third-order valence-corrected chi connectivity index (χ3v) is 15.0. The molecule has 3 rings (SSSR count). The maximum atomic E-state index is 7.24. The first kappa shape index (κ1) is 32.7. The molecule has 0 aromatic heterocycles. The summed E-state index contributed by atoms with van der Waals surface area (Å²) in [5, 5.41) is 0.189. The second kappa shape index (κ2) is 15.4. The first-order chi connectivity index (χ1) is 19.1. The molecule has 1 nitrogen and oxygen atoms in total. The molecule has 0 fully saturated rings. The summed E-state index contributed by atoms with van der Waals surface area (Å²) in [6, 6.07) is 33.3. The van der Waals surface area contributed by atoms with Crippen molar-refractivity contribution in [3.8, 4) is 0 Å². The molecule has 0 heterocycles. The van der Waals surface area contributed by atoms with Crippen molar-refractivity contribution in [2.45, 2.75) is 109 Å². The lowest BCUT2D eigenvalue weighted by atomic mass is 9.84. The van der Waals surface area contributed by atoms with E-state index in [1.54, 1.807) is 0 Å². The van der Waals surface area contributed by atoms with Gasteiger partial charge in [-0.3, -0.25) is 0 Å². The van der Waals surface area contributed by atoms with Crippen LogP contribution in [0.1, 0.15) is 96.3 Å². The van der Waals surface area contributed by atoms with Gasteiger partial charge in [0.05, 0.1) is 10.9 Å². The lowest BCUT2D eigenvalue weighted by Crippen LogP contribution is -2.45. The van der Waals surface area contributed by atoms with Crippen molar-refractivity contribution in [2.24, 2.45) is 5.92 Å². The van der Waals surface area contributed by atoms with Gasteiger partial charge < -0.3 is 4.43 Å². The Morgan fingerprint density at radius 2 is 1.15 bits per heavy atom. The number of thioether (sulfide) groups is 1. The Morgan fingerprint density at radius 1 is 0.700 bits per heavy atom. The van der Waals surface area contributed by atoms with Gasteiger partial charge in [0, 0.05) is 5.75 Å². The normalized spacial score (nSPS) is 14.2. The van der Waals surface area contributed by atoms with Crippen LogP contribution in [0, 0.1) is 5.92 Å². The van der Waals surface area contributed by atoms with E-state index in [1.807, 2.05) is 0 Å². The van der Waals surface area contributed by atoms with Crippen LogP contribution in [-0.4, -0.2) is 20.2 Å². The number of rotatable bonds is 16. The van der Waals surface area contributed by atoms with Gasteiger partial charge in [-0.1, -0.05) is 164 Å². The highest BCUT2D eigenvalue weighted by Gasteiger charge is 2.41. The van der Waals surface area contributed by atoms with Crippen LogP contribution < -0.4 is 0 Å². The number of benzene rings is 3. The summed E-state index contributed by atoms with van der Waals surface area (Å²) >= 11 is 2.06. The van der Waals surface area contributed by atoms with Crippen molar-refractivity contribution < 1.29 is 4.43 Å². The topological polar surface area (TPSA) is 9.23 Å². The molecule has 218 valence electrons. The average molecular weight is 575 g/mol. The Kier molecular flexibility index (Phi) is 12.6. The standard InChI is InChI=1S/C37H54OSSi/c1-8-9-10-11-15-22-31(2)29-35(38-40(6,7)36(3,4)5)30-39-37(32-23-16-12-17-24-32,33-25-18-13-19-26-33)34-27-20-14-21-28-34/h12-14,16-21,23-28,31,35H,8-11,15,22,29-30H2,1-7H3/t31-,35-/m1/s1. The summed E-state index contributed by atoms with van der Waals surface area (Å²) in [5.41, 5.74) is 3.98. The zero-order valence-corrected chi connectivity index (χ0v) is 28.1. The van der Waals surface area contributed by atoms with Crippen LogP contribution in [0.3, 0.4) is 0 Å². The molecule has 3 aromatic rings. The van der Waals surface area contributed by atoms with Crippen LogP contribution in [0.15, 0.2) is 91.0 Å². The minimum atomic E-state index is -1.93. The van der Waals surface area contributed by atoms with E-state index in [-0.39, 0.29) is 15.9 Å². The molecule has 0 amide bonds. The fourth-order valence-corrected chi connectivity index (χ4v) is 8.43. The molecule has 2 atom stereocenters. The van der Waals surface area contributed by atoms with Gasteiger partial charge in [0.25, 0.3) is 0 Å². The molecule has 40 heavy (non-hydrogen) atoms. The van der Waals surface area contributed by atoms with Gasteiger partial charge in [-0.05, 0) is 47.2 Å². The molecule has 0 aliphatic rings. The summed E-state index contributed by atoms with van der Waals surface area (Å²) in [4.78, 5) is 0. The smallest absolute Gasteiger partial charge is 0.192 e. The lowest BCUT2D eigenvalue weighted by molar-refractivity contribution is 0.170. The fourth-order valence-electron chi connectivity index (χ4n) is 5.39. The largest absolute Gasteiger partial charge is 0.413 e. The van der Waals surface area contributed by atoms with E-state index in [0.717, 1.165) is 12.2 Å². The van der Waals surface area contributed by atoms with Crippen molar-refractivity contribution >= 4 is 20.1 Å². The van der Waals surface area contributed by atoms with Crippen molar-refractivity contribution in [1.82, 2.24) is 0 Å². The van der Waals surface area contributed by atoms with E-state index in [2.05, 4.69) is 150 Å². The Bertz CT molecular complexity index is 995. The molecule has 0 aliphatic heterocycles. The fraction of sp³-hybridized carbons (Fsp3) is 0.514. The molecular formula is C37H54OSSi. The van der Waals surface area contributed by atoms with Crippen LogP contribution in [0.25, 0.3) is 0 Å². The molecule has 0 spiro atoms. The molecule has 0 N–H and O–H groups in total. The first-order valence-corrected chi connectivity index (χ1v) is 19.5. The van der Waals surface area contributed by atoms with E-state index in [0.29, 0.717) is 5.92 Å². The van der Waals surface area contributed by atoms with Gasteiger partial charge in [-0.2, -0.15) is 0 Å². The molecule has 0 unspecified atom stereocenters. The van der Waals surface area contributed by atoms with Crippen LogP contribution in [0.2, 0.25) is 18.1 Å². The third kappa shape index (κ3) is 8.84. The van der Waals surface area contributed by atoms with Gasteiger partial charge in [-0.15, -0.1) is 11.8 Å². The van der Waals surface area contributed by atoms with E-state index in [4.69, 9.17) is 4.43 Å². The van der Waals surface area contributed by atoms with Gasteiger partial charge in [-0.25, -0.2) is 0 Å². The van der Waals surface area contributed by atoms with Crippen molar-refractivity contribution in [3.05, 3.63) is 108 Å². The zero-order chi connectivity index (χ0) is 29.1. The van der Waals surface area contributed by atoms with Crippen molar-refractivity contribution in [1.29, 1.82) is 0 Å². The minimum absolute atomic E-state index is 0.189. The predicted octanol–water partition coefficient (Wildman–Crippen LogP) is 11.5. The Balaban J connectivity index is 1.95. The molecule has 0 bridgehead atoms. The summed E-state index contributed by atoms with van der Waals surface area (Å²) < 4.78 is 6.94. The number of unbranched alkanes of at least 4 members (excludes halogenated alkanes) is 4. The second-order valence-electron chi connectivity index (χ2n) is 13.1. The maximum Gasteiger partial charge on any atom is 0.192 e. The van der Waals surface area contributed by atoms with E-state index in [1.165, 1.54) is 55.2 Å². The van der Waals surface area contributed by atoms with Crippen molar-refractivity contribution in [2.75, 3.05) is 5.75 Å². The average Bonchev–Trinajstić information content (AvgIpc) is 2.94. The summed E-state index contributed by atoms with van der Waals surface area (Å²) in [7, 11) is -1.93. The monoisotopic (exact) mass is 574 g/mol. The zero-order valence-electron chi connectivity index (χ0n) is 26.3. The number of hydrogen-bond acceptors (Lipinski definition) is 2. The van der Waals surface area contributed by atoms with Crippen LogP contribution in [0.5, 0.6) is 0 Å². The minimum Gasteiger partial charge on any atom is -0.413 e. The Morgan fingerprint density at radius 3 is 1.57 bits per heavy atom. The lowest BCUT2D eigenvalue weighted by Gasteiger charge is -2.41. The molecule has 3 aromatic carbocycles. The summed E-state index contributed by atoms with van der Waals surface area (Å²) in [6.45, 7) is 16.7. The van der Waals surface area contributed by atoms with Crippen LogP contribution in [-0.2, 0) is 9.17 Å². The molecule has 0 radical (unpaired) electrons. The van der Waals surface area contributed by atoms with E-state index < -0.39 is 8.32 Å². The molecule has 3 heteroatoms. The molecular weight excluding hydrogens is 521 g/mol. The molecule has 0 saturated heterocycles. The summed E-state index contributed by atoms with van der Waals surface area (Å²) in [6.07, 6.45) is 9.39. The Hall–Kier alpha value is -1.81. The first-order valence-electron chi connectivity index (χ1n) is 15.6. The van der Waals surface area contributed by atoms with Crippen LogP contribution in [0.4, 0.5) is 0 Å². The van der Waals surface area contributed by atoms with Gasteiger partial charge in [0.1, 0.15) is 0 Å². The highest BCUT2D eigenvalue weighted by Crippen LogP contribution is 2.49. The predicted molar refractivity (Wildman–Crippen MR) is 181 cm³/mol. The van der Waals surface area contributed by atoms with Gasteiger partial charge in [0.2, 0.25) is 0 Å². The SMILES string of the molecule is CCCCCCC[C@@H](C)C[C@H](CSC(c1ccccc1)(c1ccccc1)c1ccccc1)O[Si](C)(C)C(C)(C)C. The van der Waals surface area contributed by atoms with Gasteiger partial charge >= 0.3 is 0 Å². The maximum absolute atomic E-state index is 7.24. The summed E-state index contributed by atoms with van der Waals surface area (Å²) in [5.74, 6) is 1.63. The molecule has 0 saturated carbocycles. The highest BCUT2D eigenvalue weighted by molar-refractivity contribution is 8.00. The van der Waals surface area contributed by atoms with Crippen LogP contribution >= 0.6 is 11.8 Å².